The summed E-state index contributed by atoms with van der Waals surface area (Å²) in [5.41, 5.74) is 3.86. The Hall–Kier alpha value is -2.20. The molecule has 2 aliphatic rings. The van der Waals surface area contributed by atoms with Gasteiger partial charge in [-0.3, -0.25) is 0 Å². The molecule has 1 aromatic carbocycles. The molecule has 1 aliphatic heterocycles. The van der Waals surface area contributed by atoms with Crippen molar-refractivity contribution in [2.24, 2.45) is 5.92 Å². The predicted molar refractivity (Wildman–Crippen MR) is 140 cm³/mol. The molecule has 0 atom stereocenters. The van der Waals surface area contributed by atoms with Crippen LogP contribution in [-0.4, -0.2) is 63.9 Å². The van der Waals surface area contributed by atoms with E-state index in [9.17, 15) is 0 Å². The number of halogens is 1. The molecule has 10 heteroatoms. The van der Waals surface area contributed by atoms with Crippen molar-refractivity contribution in [2.75, 3.05) is 53.1 Å². The molecule has 0 spiro atoms. The van der Waals surface area contributed by atoms with Crippen LogP contribution in [0.3, 0.4) is 0 Å². The maximum atomic E-state index is 5.84. The largest absolute Gasteiger partial charge is 0.496 e. The molecule has 35 heavy (non-hydrogen) atoms. The second-order valence-electron chi connectivity index (χ2n) is 8.94. The number of thiazole rings is 1. The van der Waals surface area contributed by atoms with E-state index in [1.807, 2.05) is 16.6 Å². The van der Waals surface area contributed by atoms with Gasteiger partial charge in [0.1, 0.15) is 22.0 Å². The number of anilines is 1. The third-order valence-corrected chi connectivity index (χ3v) is 7.63. The fourth-order valence-electron chi connectivity index (χ4n) is 4.82. The smallest absolute Gasteiger partial charge is 0.258 e. The Bertz CT molecular complexity index is 1110. The van der Waals surface area contributed by atoms with Crippen LogP contribution in [0.1, 0.15) is 31.2 Å². The molecule has 0 unspecified atom stereocenters. The van der Waals surface area contributed by atoms with Gasteiger partial charge in [0.2, 0.25) is 0 Å². The lowest BCUT2D eigenvalue weighted by molar-refractivity contribution is 0.0841. The minimum Gasteiger partial charge on any atom is -0.496 e. The zero-order valence-corrected chi connectivity index (χ0v) is 22.4. The lowest BCUT2D eigenvalue weighted by Crippen LogP contribution is -2.41. The number of nitrogens with zero attached hydrogens (tertiary/aromatic N) is 3. The minimum absolute atomic E-state index is 0. The topological polar surface area (TPSA) is 66.7 Å². The zero-order valence-electron chi connectivity index (χ0n) is 20.7. The number of fused-ring (bicyclic) bond motifs is 1. The molecule has 3 aromatic rings. The number of ether oxygens (including phenoxy) is 5. The second kappa shape index (κ2) is 11.2. The molecule has 1 aliphatic carbocycles. The SMILES string of the molecule is COCc1cc(OC)c(-c2csc3c(N(CC4CC4)C4CCOCC4)c(OC)nn23)c(OC)c1.Cl. The second-order valence-corrected chi connectivity index (χ2v) is 9.80. The van der Waals surface area contributed by atoms with E-state index in [2.05, 4.69) is 10.3 Å². The van der Waals surface area contributed by atoms with Crippen molar-refractivity contribution in [3.63, 3.8) is 0 Å². The molecule has 5 rings (SSSR count). The Morgan fingerprint density at radius 3 is 2.29 bits per heavy atom. The summed E-state index contributed by atoms with van der Waals surface area (Å²) in [5.74, 6) is 2.85. The zero-order chi connectivity index (χ0) is 23.7. The summed E-state index contributed by atoms with van der Waals surface area (Å²) in [4.78, 5) is 3.61. The van der Waals surface area contributed by atoms with Crippen LogP contribution in [-0.2, 0) is 16.1 Å². The van der Waals surface area contributed by atoms with E-state index in [0.717, 1.165) is 77.4 Å². The van der Waals surface area contributed by atoms with Crippen LogP contribution in [0.5, 0.6) is 17.4 Å². The van der Waals surface area contributed by atoms with Crippen LogP contribution in [0, 0.1) is 5.92 Å². The number of methoxy groups -OCH3 is 4. The van der Waals surface area contributed by atoms with Crippen molar-refractivity contribution in [3.05, 3.63) is 23.1 Å². The van der Waals surface area contributed by atoms with Crippen LogP contribution in [0.15, 0.2) is 17.5 Å². The summed E-state index contributed by atoms with van der Waals surface area (Å²) in [6.07, 6.45) is 4.64. The molecule has 0 amide bonds. The molecule has 8 nitrogen and oxygen atoms in total. The van der Waals surface area contributed by atoms with Crippen LogP contribution >= 0.6 is 23.7 Å². The summed E-state index contributed by atoms with van der Waals surface area (Å²) in [5, 5.41) is 7.04. The molecule has 1 saturated carbocycles. The number of hydrogen-bond acceptors (Lipinski definition) is 8. The van der Waals surface area contributed by atoms with Crippen LogP contribution in [0.25, 0.3) is 16.1 Å². The molecule has 192 valence electrons. The van der Waals surface area contributed by atoms with Gasteiger partial charge in [0.15, 0.2) is 0 Å². The van der Waals surface area contributed by atoms with Gasteiger partial charge in [-0.1, -0.05) is 0 Å². The molecule has 2 fully saturated rings. The first-order valence-electron chi connectivity index (χ1n) is 11.8. The summed E-state index contributed by atoms with van der Waals surface area (Å²) < 4.78 is 30.4. The highest BCUT2D eigenvalue weighted by atomic mass is 35.5. The van der Waals surface area contributed by atoms with E-state index in [0.29, 0.717) is 18.5 Å². The first-order chi connectivity index (χ1) is 16.7. The van der Waals surface area contributed by atoms with E-state index in [1.54, 1.807) is 39.8 Å². The third kappa shape index (κ3) is 5.05. The Labute approximate surface area is 216 Å². The maximum absolute atomic E-state index is 5.84. The summed E-state index contributed by atoms with van der Waals surface area (Å²) in [6.45, 7) is 3.12. The normalized spacial score (nSPS) is 16.2. The highest BCUT2D eigenvalue weighted by Gasteiger charge is 2.34. The fraction of sp³-hybridized carbons (Fsp3) is 0.560. The van der Waals surface area contributed by atoms with Crippen molar-refractivity contribution in [2.45, 2.75) is 38.3 Å². The van der Waals surface area contributed by atoms with E-state index >= 15 is 0 Å². The third-order valence-electron chi connectivity index (χ3n) is 6.70. The first-order valence-corrected chi connectivity index (χ1v) is 12.7. The average Bonchev–Trinajstić information content (AvgIpc) is 3.50. The Morgan fingerprint density at radius 1 is 1.03 bits per heavy atom. The van der Waals surface area contributed by atoms with Gasteiger partial charge in [-0.2, -0.15) is 0 Å². The van der Waals surface area contributed by atoms with Crippen molar-refractivity contribution in [3.8, 4) is 28.6 Å². The molecular weight excluding hydrogens is 490 g/mol. The fourth-order valence-corrected chi connectivity index (χ4v) is 5.82. The van der Waals surface area contributed by atoms with Gasteiger partial charge in [0.25, 0.3) is 5.88 Å². The first kappa shape index (κ1) is 25.9. The molecule has 0 radical (unpaired) electrons. The Balaban J connectivity index is 0.00000289. The van der Waals surface area contributed by atoms with Crippen molar-refractivity contribution < 1.29 is 23.7 Å². The summed E-state index contributed by atoms with van der Waals surface area (Å²) >= 11 is 1.68. The van der Waals surface area contributed by atoms with Gasteiger partial charge in [0.05, 0.1) is 39.2 Å². The van der Waals surface area contributed by atoms with Crippen molar-refractivity contribution in [1.82, 2.24) is 9.61 Å². The minimum atomic E-state index is 0. The van der Waals surface area contributed by atoms with Crippen LogP contribution in [0.2, 0.25) is 0 Å². The highest BCUT2D eigenvalue weighted by Crippen LogP contribution is 2.46. The van der Waals surface area contributed by atoms with Gasteiger partial charge in [-0.15, -0.1) is 28.8 Å². The molecule has 2 aromatic heterocycles. The Morgan fingerprint density at radius 2 is 1.71 bits per heavy atom. The number of rotatable bonds is 10. The molecule has 0 bridgehead atoms. The lowest BCUT2D eigenvalue weighted by atomic mass is 10.1. The lowest BCUT2D eigenvalue weighted by Gasteiger charge is -2.35. The quantitative estimate of drug-likeness (QED) is 0.368. The van der Waals surface area contributed by atoms with Gasteiger partial charge >= 0.3 is 0 Å². The monoisotopic (exact) mass is 523 g/mol. The van der Waals surface area contributed by atoms with Gasteiger partial charge in [-0.25, -0.2) is 4.52 Å². The van der Waals surface area contributed by atoms with Crippen molar-refractivity contribution >= 4 is 34.3 Å². The summed E-state index contributed by atoms with van der Waals surface area (Å²) in [7, 11) is 6.74. The van der Waals surface area contributed by atoms with Gasteiger partial charge < -0.3 is 28.6 Å². The van der Waals surface area contributed by atoms with E-state index in [1.165, 1.54) is 12.8 Å². The van der Waals surface area contributed by atoms with Gasteiger partial charge in [0, 0.05) is 38.3 Å². The number of benzene rings is 1. The van der Waals surface area contributed by atoms with E-state index < -0.39 is 0 Å². The van der Waals surface area contributed by atoms with Crippen molar-refractivity contribution in [1.29, 1.82) is 0 Å². The summed E-state index contributed by atoms with van der Waals surface area (Å²) in [6, 6.07) is 4.42. The Kier molecular flexibility index (Phi) is 8.31. The van der Waals surface area contributed by atoms with E-state index in [-0.39, 0.29) is 12.4 Å². The number of aromatic nitrogens is 2. The van der Waals surface area contributed by atoms with Crippen LogP contribution in [0.4, 0.5) is 5.69 Å². The molecule has 0 N–H and O–H groups in total. The molecular formula is C25H34ClN3O5S. The van der Waals surface area contributed by atoms with E-state index in [4.69, 9.17) is 28.8 Å². The number of hydrogen-bond donors (Lipinski definition) is 0. The standard InChI is InChI=1S/C25H33N3O5S.ClH/c1-29-14-17-11-20(30-2)22(21(12-17)31-3)19-15-34-25-23(24(32-4)26-28(19)25)27(13-16-5-6-16)18-7-9-33-10-8-18;/h11-12,15-16,18H,5-10,13-14H2,1-4H3;1H. The van der Waals surface area contributed by atoms with Gasteiger partial charge in [-0.05, 0) is 49.3 Å². The predicted octanol–water partition coefficient (Wildman–Crippen LogP) is 5.05. The highest BCUT2D eigenvalue weighted by molar-refractivity contribution is 7.16. The average molecular weight is 524 g/mol. The van der Waals surface area contributed by atoms with Crippen LogP contribution < -0.4 is 19.1 Å². The maximum Gasteiger partial charge on any atom is 0.258 e. The molecule has 3 heterocycles. The molecule has 1 saturated heterocycles.